The second kappa shape index (κ2) is 8.20. The van der Waals surface area contributed by atoms with Gasteiger partial charge in [-0.15, -0.1) is 0 Å². The lowest BCUT2D eigenvalue weighted by Crippen LogP contribution is -2.21. The highest BCUT2D eigenvalue weighted by molar-refractivity contribution is 6.30. The summed E-state index contributed by atoms with van der Waals surface area (Å²) in [6.45, 7) is 0. The number of methoxy groups -OCH3 is 3. The first-order valence-electron chi connectivity index (χ1n) is 10.2. The lowest BCUT2D eigenvalue weighted by molar-refractivity contribution is 0.345. The van der Waals surface area contributed by atoms with Crippen molar-refractivity contribution in [2.45, 2.75) is 12.5 Å². The van der Waals surface area contributed by atoms with Gasteiger partial charge < -0.3 is 18.8 Å². The maximum Gasteiger partial charge on any atom is 0.231 e. The summed E-state index contributed by atoms with van der Waals surface area (Å²) in [5.74, 6) is 2.63. The molecule has 7 heteroatoms. The Labute approximate surface area is 191 Å². The summed E-state index contributed by atoms with van der Waals surface area (Å²) >= 11 is 6.11. The first-order chi connectivity index (χ1) is 15.6. The fraction of sp³-hybridized carbons (Fsp3) is 0.200. The standard InChI is InChI=1S/C25H22ClN3O3/c1-30-22-14-24(32-3)23(31-2)12-17(22)21-13-19(15-8-10-16(26)11-9-15)28-25-27-18-6-4-5-7-20(18)29(21)25/h4-12,14,21H,13H2,1-3H3/t21-/m0/s1. The zero-order chi connectivity index (χ0) is 22.2. The number of benzene rings is 3. The fourth-order valence-electron chi connectivity index (χ4n) is 4.25. The van der Waals surface area contributed by atoms with E-state index in [1.165, 1.54) is 0 Å². The summed E-state index contributed by atoms with van der Waals surface area (Å²) in [6, 6.07) is 19.5. The Morgan fingerprint density at radius 1 is 0.875 bits per heavy atom. The molecule has 0 spiro atoms. The molecule has 4 aromatic rings. The van der Waals surface area contributed by atoms with Crippen molar-refractivity contribution in [3.63, 3.8) is 0 Å². The van der Waals surface area contributed by atoms with E-state index < -0.39 is 0 Å². The molecule has 0 saturated carbocycles. The van der Waals surface area contributed by atoms with Gasteiger partial charge in [0.15, 0.2) is 11.5 Å². The van der Waals surface area contributed by atoms with Crippen LogP contribution in [0.3, 0.4) is 0 Å². The van der Waals surface area contributed by atoms with E-state index in [1.807, 2.05) is 54.6 Å². The fourth-order valence-corrected chi connectivity index (χ4v) is 4.37. The van der Waals surface area contributed by atoms with Gasteiger partial charge in [0.05, 0.1) is 44.1 Å². The number of fused-ring (bicyclic) bond motifs is 3. The average molecular weight is 448 g/mol. The molecule has 162 valence electrons. The summed E-state index contributed by atoms with van der Waals surface area (Å²) in [5.41, 5.74) is 4.83. The van der Waals surface area contributed by atoms with Gasteiger partial charge in [0.1, 0.15) is 5.75 Å². The van der Waals surface area contributed by atoms with Gasteiger partial charge in [-0.1, -0.05) is 35.9 Å². The second-order valence-electron chi connectivity index (χ2n) is 7.50. The van der Waals surface area contributed by atoms with Crippen molar-refractivity contribution in [3.8, 4) is 17.2 Å². The Balaban J connectivity index is 1.74. The van der Waals surface area contributed by atoms with Crippen LogP contribution in [-0.4, -0.2) is 36.6 Å². The maximum absolute atomic E-state index is 6.11. The predicted molar refractivity (Wildman–Crippen MR) is 126 cm³/mol. The molecule has 0 bridgehead atoms. The van der Waals surface area contributed by atoms with E-state index in [0.717, 1.165) is 27.9 Å². The predicted octanol–water partition coefficient (Wildman–Crippen LogP) is 5.83. The highest BCUT2D eigenvalue weighted by atomic mass is 35.5. The van der Waals surface area contributed by atoms with Gasteiger partial charge in [-0.25, -0.2) is 9.98 Å². The lowest BCUT2D eigenvalue weighted by atomic mass is 9.94. The highest BCUT2D eigenvalue weighted by Gasteiger charge is 2.30. The number of aromatic nitrogens is 2. The van der Waals surface area contributed by atoms with Gasteiger partial charge in [-0.05, 0) is 35.9 Å². The zero-order valence-electron chi connectivity index (χ0n) is 18.0. The Hall–Kier alpha value is -3.51. The number of imidazole rings is 1. The number of aliphatic imine (C=N–C) groups is 1. The number of para-hydroxylation sites is 2. The Morgan fingerprint density at radius 3 is 2.28 bits per heavy atom. The van der Waals surface area contributed by atoms with Crippen LogP contribution >= 0.6 is 11.6 Å². The number of rotatable bonds is 5. The SMILES string of the molecule is COc1cc(OC)c([C@@H]2CC(c3ccc(Cl)cc3)=Nc3nc4ccccc4n32)cc1OC. The van der Waals surface area contributed by atoms with Crippen LogP contribution in [0.15, 0.2) is 65.7 Å². The summed E-state index contributed by atoms with van der Waals surface area (Å²) < 4.78 is 19.0. The molecule has 32 heavy (non-hydrogen) atoms. The van der Waals surface area contributed by atoms with Gasteiger partial charge in [0.25, 0.3) is 0 Å². The molecule has 0 radical (unpaired) electrons. The lowest BCUT2D eigenvalue weighted by Gasteiger charge is -2.28. The van der Waals surface area contributed by atoms with Crippen molar-refractivity contribution in [2.24, 2.45) is 4.99 Å². The highest BCUT2D eigenvalue weighted by Crippen LogP contribution is 2.44. The van der Waals surface area contributed by atoms with E-state index in [2.05, 4.69) is 10.6 Å². The molecule has 0 aliphatic carbocycles. The van der Waals surface area contributed by atoms with E-state index in [9.17, 15) is 0 Å². The van der Waals surface area contributed by atoms with Crippen LogP contribution in [0.4, 0.5) is 5.95 Å². The van der Waals surface area contributed by atoms with Crippen LogP contribution in [-0.2, 0) is 0 Å². The van der Waals surface area contributed by atoms with Crippen LogP contribution in [0.1, 0.15) is 23.6 Å². The number of hydrogen-bond donors (Lipinski definition) is 0. The third-order valence-corrected chi connectivity index (χ3v) is 6.03. The van der Waals surface area contributed by atoms with E-state index in [0.29, 0.717) is 34.6 Å². The van der Waals surface area contributed by atoms with E-state index >= 15 is 0 Å². The van der Waals surface area contributed by atoms with Crippen LogP contribution in [0.5, 0.6) is 17.2 Å². The van der Waals surface area contributed by atoms with Crippen molar-refractivity contribution >= 4 is 34.3 Å². The smallest absolute Gasteiger partial charge is 0.231 e. The number of ether oxygens (including phenoxy) is 3. The number of nitrogens with zero attached hydrogens (tertiary/aromatic N) is 3. The Kier molecular flexibility index (Phi) is 5.23. The molecular weight excluding hydrogens is 426 g/mol. The van der Waals surface area contributed by atoms with Crippen molar-refractivity contribution < 1.29 is 14.2 Å². The molecule has 0 amide bonds. The minimum absolute atomic E-state index is 0.102. The summed E-state index contributed by atoms with van der Waals surface area (Å²) in [4.78, 5) is 9.73. The molecule has 6 nitrogen and oxygen atoms in total. The monoisotopic (exact) mass is 447 g/mol. The molecule has 3 aromatic carbocycles. The van der Waals surface area contributed by atoms with Crippen LogP contribution in [0.25, 0.3) is 11.0 Å². The Bertz CT molecular complexity index is 1330. The van der Waals surface area contributed by atoms with E-state index in [-0.39, 0.29) is 6.04 Å². The van der Waals surface area contributed by atoms with E-state index in [4.69, 9.17) is 35.8 Å². The molecule has 0 unspecified atom stereocenters. The summed E-state index contributed by atoms with van der Waals surface area (Å²) in [7, 11) is 4.91. The molecular formula is C25H22ClN3O3. The summed E-state index contributed by atoms with van der Waals surface area (Å²) in [6.07, 6.45) is 0.654. The van der Waals surface area contributed by atoms with Gasteiger partial charge in [-0.2, -0.15) is 0 Å². The van der Waals surface area contributed by atoms with Gasteiger partial charge >= 0.3 is 0 Å². The zero-order valence-corrected chi connectivity index (χ0v) is 18.8. The van der Waals surface area contributed by atoms with Crippen LogP contribution < -0.4 is 14.2 Å². The molecule has 0 fully saturated rings. The molecule has 0 N–H and O–H groups in total. The minimum Gasteiger partial charge on any atom is -0.496 e. The van der Waals surface area contributed by atoms with Crippen molar-refractivity contribution in [3.05, 3.63) is 76.8 Å². The summed E-state index contributed by atoms with van der Waals surface area (Å²) in [5, 5.41) is 0.690. The van der Waals surface area contributed by atoms with Crippen LogP contribution in [0, 0.1) is 0 Å². The Morgan fingerprint density at radius 2 is 1.56 bits per heavy atom. The first kappa shape index (κ1) is 20.4. The quantitative estimate of drug-likeness (QED) is 0.386. The third-order valence-electron chi connectivity index (χ3n) is 5.78. The minimum atomic E-state index is -0.102. The average Bonchev–Trinajstić information content (AvgIpc) is 3.21. The van der Waals surface area contributed by atoms with Crippen molar-refractivity contribution in [1.82, 2.24) is 9.55 Å². The molecule has 1 aliphatic rings. The van der Waals surface area contributed by atoms with Crippen LogP contribution in [0.2, 0.25) is 5.02 Å². The number of hydrogen-bond acceptors (Lipinski definition) is 5. The third kappa shape index (κ3) is 3.37. The second-order valence-corrected chi connectivity index (χ2v) is 7.94. The molecule has 2 heterocycles. The topological polar surface area (TPSA) is 57.9 Å². The molecule has 1 atom stereocenters. The number of halogens is 1. The molecule has 0 saturated heterocycles. The first-order valence-corrected chi connectivity index (χ1v) is 10.6. The van der Waals surface area contributed by atoms with Crippen molar-refractivity contribution in [2.75, 3.05) is 21.3 Å². The van der Waals surface area contributed by atoms with E-state index in [1.54, 1.807) is 21.3 Å². The molecule has 1 aliphatic heterocycles. The molecule has 5 rings (SSSR count). The normalized spacial score (nSPS) is 15.2. The van der Waals surface area contributed by atoms with Gasteiger partial charge in [0.2, 0.25) is 5.95 Å². The largest absolute Gasteiger partial charge is 0.496 e. The van der Waals surface area contributed by atoms with Gasteiger partial charge in [-0.3, -0.25) is 0 Å². The maximum atomic E-state index is 6.11. The van der Waals surface area contributed by atoms with Gasteiger partial charge in [0, 0.05) is 23.1 Å². The van der Waals surface area contributed by atoms with Crippen molar-refractivity contribution in [1.29, 1.82) is 0 Å². The molecule has 1 aromatic heterocycles.